The highest BCUT2D eigenvalue weighted by Crippen LogP contribution is 2.43. The Balaban J connectivity index is 1.77. The monoisotopic (exact) mass is 1040 g/mol. The number of nitrogens with two attached hydrogens (primary N) is 1. The number of ether oxygens (including phenoxy) is 2. The number of rotatable bonds is 43. The summed E-state index contributed by atoms with van der Waals surface area (Å²) in [4.78, 5) is 37.2. The standard InChI is InChI=1S/C60H107N3O7Si2/c1-47(2)71(48(3)4,49(5)6)69-43-29-25-21-17-13-15-19-23-27-41-67-56-36-31-53(32-37-56)60(63-58(65)40-35-55(64)46-62-59(66)45-61)54-33-38-57(39-34-54)68-42-28-24-20-16-14-18-22-26-30-44-70-72(50(7)8,51(9)10)52(11)12/h31-34,36-39,47-52,60H,13-30,35,40-46,61H2,1-12H3,(H,62,66)(H,63,65). The predicted octanol–water partition coefficient (Wildman–Crippen LogP) is 15.5. The number of nitrogens with one attached hydrogen (secondary N) is 2. The van der Waals surface area contributed by atoms with Gasteiger partial charge in [-0.05, 0) is 94.3 Å². The Morgan fingerprint density at radius 1 is 0.431 bits per heavy atom. The number of hydrogen-bond donors (Lipinski definition) is 3. The second kappa shape index (κ2) is 36.8. The van der Waals surface area contributed by atoms with Crippen LogP contribution in [0.15, 0.2) is 48.5 Å². The van der Waals surface area contributed by atoms with E-state index < -0.39 is 28.6 Å². The highest BCUT2D eigenvalue weighted by Gasteiger charge is 2.45. The summed E-state index contributed by atoms with van der Waals surface area (Å²) in [6.45, 7) is 31.2. The predicted molar refractivity (Wildman–Crippen MR) is 307 cm³/mol. The molecule has 0 saturated carbocycles. The molecule has 12 heteroatoms. The Kier molecular flexibility index (Phi) is 33.3. The third kappa shape index (κ3) is 23.7. The van der Waals surface area contributed by atoms with Crippen molar-refractivity contribution in [3.05, 3.63) is 59.7 Å². The lowest BCUT2D eigenvalue weighted by Crippen LogP contribution is -2.47. The molecule has 0 spiro atoms. The van der Waals surface area contributed by atoms with Crippen LogP contribution in [0.2, 0.25) is 33.2 Å². The number of Topliss-reactive ketones (excluding diaryl/α,β-unsaturated/α-hetero) is 1. The van der Waals surface area contributed by atoms with Gasteiger partial charge in [-0.3, -0.25) is 14.4 Å². The number of carbonyl (C=O) groups excluding carboxylic acids is 3. The lowest BCUT2D eigenvalue weighted by Gasteiger charge is -2.42. The van der Waals surface area contributed by atoms with Crippen molar-refractivity contribution in [1.29, 1.82) is 0 Å². The van der Waals surface area contributed by atoms with Gasteiger partial charge in [0.25, 0.3) is 0 Å². The van der Waals surface area contributed by atoms with E-state index in [9.17, 15) is 14.4 Å². The smallest absolute Gasteiger partial charge is 0.234 e. The molecule has 2 aromatic carbocycles. The largest absolute Gasteiger partial charge is 0.494 e. The molecule has 2 rings (SSSR count). The van der Waals surface area contributed by atoms with Gasteiger partial charge in [0, 0.05) is 26.1 Å². The molecule has 0 heterocycles. The van der Waals surface area contributed by atoms with Gasteiger partial charge in [0.1, 0.15) is 11.5 Å². The fourth-order valence-corrected chi connectivity index (χ4v) is 22.5. The molecular formula is C60H107N3O7Si2. The van der Waals surface area contributed by atoms with E-state index in [-0.39, 0.29) is 37.6 Å². The van der Waals surface area contributed by atoms with Crippen LogP contribution in [0.3, 0.4) is 0 Å². The lowest BCUT2D eigenvalue weighted by molar-refractivity contribution is -0.126. The summed E-state index contributed by atoms with van der Waals surface area (Å²) in [6.07, 6.45) is 22.0. The molecule has 72 heavy (non-hydrogen) atoms. The quantitative estimate of drug-likeness (QED) is 0.0441. The molecule has 2 aromatic rings. The molecule has 2 amide bonds. The summed E-state index contributed by atoms with van der Waals surface area (Å²) >= 11 is 0. The Hall–Kier alpha value is -3.04. The number of amides is 2. The van der Waals surface area contributed by atoms with Crippen molar-refractivity contribution in [1.82, 2.24) is 10.6 Å². The van der Waals surface area contributed by atoms with Crippen LogP contribution in [0.4, 0.5) is 0 Å². The Morgan fingerprint density at radius 3 is 1.04 bits per heavy atom. The SMILES string of the molecule is CC(C)[Si](OCCCCCCCCCCCOc1ccc(C(NC(=O)CCC(=O)CNC(=O)CN)c2ccc(OCCCCCCCCCCCO[Si](C(C)C)(C(C)C)C(C)C)cc2)cc1)(C(C)C)C(C)C. The summed E-state index contributed by atoms with van der Waals surface area (Å²) in [7, 11) is -3.50. The van der Waals surface area contributed by atoms with Crippen molar-refractivity contribution in [3.8, 4) is 11.5 Å². The van der Waals surface area contributed by atoms with Crippen molar-refractivity contribution >= 4 is 34.2 Å². The zero-order chi connectivity index (χ0) is 53.4. The molecule has 0 bridgehead atoms. The summed E-state index contributed by atoms with van der Waals surface area (Å²) in [5, 5.41) is 5.63. The molecule has 0 fully saturated rings. The molecule has 0 radical (unpaired) electrons. The van der Waals surface area contributed by atoms with Gasteiger partial charge in [-0.1, -0.05) is 197 Å². The van der Waals surface area contributed by atoms with Gasteiger partial charge in [0.05, 0.1) is 32.3 Å². The number of ketones is 1. The normalized spacial score (nSPS) is 12.3. The third-order valence-electron chi connectivity index (χ3n) is 15.3. The van der Waals surface area contributed by atoms with Crippen LogP contribution < -0.4 is 25.8 Å². The maximum absolute atomic E-state index is 13.3. The van der Waals surface area contributed by atoms with Gasteiger partial charge >= 0.3 is 0 Å². The van der Waals surface area contributed by atoms with E-state index in [1.807, 2.05) is 48.5 Å². The fourth-order valence-electron chi connectivity index (χ4n) is 11.5. The van der Waals surface area contributed by atoms with Gasteiger partial charge in [-0.25, -0.2) is 0 Å². The Bertz CT molecular complexity index is 1590. The molecule has 0 aliphatic rings. The average Bonchev–Trinajstić information content (AvgIpc) is 3.34. The number of hydrogen-bond acceptors (Lipinski definition) is 8. The molecule has 0 atom stereocenters. The molecule has 4 N–H and O–H groups in total. The first-order valence-electron chi connectivity index (χ1n) is 28.9. The molecule has 0 saturated heterocycles. The van der Waals surface area contributed by atoms with Crippen LogP contribution in [-0.4, -0.2) is 73.7 Å². The minimum Gasteiger partial charge on any atom is -0.494 e. The van der Waals surface area contributed by atoms with Gasteiger partial charge in [-0.2, -0.15) is 0 Å². The highest BCUT2D eigenvalue weighted by molar-refractivity contribution is 6.78. The maximum Gasteiger partial charge on any atom is 0.234 e. The van der Waals surface area contributed by atoms with Crippen molar-refractivity contribution in [2.24, 2.45) is 5.73 Å². The maximum atomic E-state index is 13.3. The first-order chi connectivity index (χ1) is 34.4. The Morgan fingerprint density at radius 2 is 0.736 bits per heavy atom. The lowest BCUT2D eigenvalue weighted by atomic mass is 9.98. The van der Waals surface area contributed by atoms with Crippen LogP contribution in [0.25, 0.3) is 0 Å². The second-order valence-electron chi connectivity index (χ2n) is 22.6. The fraction of sp³-hybridized carbons (Fsp3) is 0.750. The van der Waals surface area contributed by atoms with Crippen LogP contribution in [0, 0.1) is 0 Å². The number of benzene rings is 2. The van der Waals surface area contributed by atoms with E-state index in [0.29, 0.717) is 46.5 Å². The second-order valence-corrected chi connectivity index (χ2v) is 33.5. The minimum atomic E-state index is -1.75. The molecule has 0 unspecified atom stereocenters. The number of carbonyl (C=O) groups is 3. The van der Waals surface area contributed by atoms with E-state index in [4.69, 9.17) is 24.1 Å². The Labute approximate surface area is 442 Å². The molecule has 10 nitrogen and oxygen atoms in total. The van der Waals surface area contributed by atoms with Crippen LogP contribution in [0.5, 0.6) is 11.5 Å². The van der Waals surface area contributed by atoms with Crippen molar-refractivity contribution in [2.45, 2.75) is 251 Å². The summed E-state index contributed by atoms with van der Waals surface area (Å²) in [5.41, 5.74) is 11.0. The summed E-state index contributed by atoms with van der Waals surface area (Å²) in [6, 6.07) is 15.4. The molecule has 0 aliphatic carbocycles. The molecule has 0 aromatic heterocycles. The van der Waals surface area contributed by atoms with Crippen LogP contribution in [0.1, 0.15) is 229 Å². The van der Waals surface area contributed by atoms with E-state index >= 15 is 0 Å². The third-order valence-corrected chi connectivity index (χ3v) is 27.5. The molecular weight excluding hydrogens is 931 g/mol. The van der Waals surface area contributed by atoms with Crippen molar-refractivity contribution < 1.29 is 32.7 Å². The zero-order valence-electron chi connectivity index (χ0n) is 48.0. The first kappa shape index (κ1) is 65.1. The van der Waals surface area contributed by atoms with E-state index in [1.54, 1.807) is 0 Å². The zero-order valence-corrected chi connectivity index (χ0v) is 50.0. The first-order valence-corrected chi connectivity index (χ1v) is 33.2. The topological polar surface area (TPSA) is 138 Å². The van der Waals surface area contributed by atoms with Gasteiger partial charge < -0.3 is 34.7 Å². The molecule has 412 valence electrons. The number of unbranched alkanes of at least 4 members (excludes halogenated alkanes) is 16. The van der Waals surface area contributed by atoms with E-state index in [2.05, 4.69) is 93.7 Å². The van der Waals surface area contributed by atoms with Gasteiger partial charge in [-0.15, -0.1) is 0 Å². The van der Waals surface area contributed by atoms with Crippen LogP contribution >= 0.6 is 0 Å². The van der Waals surface area contributed by atoms with Crippen LogP contribution in [-0.2, 0) is 23.2 Å². The summed E-state index contributed by atoms with van der Waals surface area (Å²) < 4.78 is 25.7. The van der Waals surface area contributed by atoms with Crippen molar-refractivity contribution in [3.63, 3.8) is 0 Å². The molecule has 0 aliphatic heterocycles. The highest BCUT2D eigenvalue weighted by atomic mass is 28.4. The van der Waals surface area contributed by atoms with Crippen molar-refractivity contribution in [2.75, 3.05) is 39.5 Å². The summed E-state index contributed by atoms with van der Waals surface area (Å²) in [5.74, 6) is 0.724. The minimum absolute atomic E-state index is 0.00976. The van der Waals surface area contributed by atoms with Gasteiger partial charge in [0.2, 0.25) is 11.8 Å². The van der Waals surface area contributed by atoms with E-state index in [1.165, 1.54) is 89.9 Å². The average molecular weight is 1040 g/mol. The van der Waals surface area contributed by atoms with Gasteiger partial charge in [0.15, 0.2) is 22.4 Å². The van der Waals surface area contributed by atoms with E-state index in [0.717, 1.165) is 61.5 Å².